The summed E-state index contributed by atoms with van der Waals surface area (Å²) < 4.78 is 2.12. The Balaban J connectivity index is 1.92. The van der Waals surface area contributed by atoms with Gasteiger partial charge in [-0.15, -0.1) is 0 Å². The minimum atomic E-state index is 0.165. The zero-order valence-corrected chi connectivity index (χ0v) is 13.3. The van der Waals surface area contributed by atoms with Crippen molar-refractivity contribution >= 4 is 5.91 Å². The third kappa shape index (κ3) is 3.72. The number of aryl methyl sites for hydroxylation is 1. The van der Waals surface area contributed by atoms with Crippen LogP contribution in [0.2, 0.25) is 0 Å². The molecular weight excluding hydrogens is 262 g/mol. The van der Waals surface area contributed by atoms with Gasteiger partial charge in [0.15, 0.2) is 0 Å². The molecule has 2 rings (SSSR count). The van der Waals surface area contributed by atoms with Crippen LogP contribution in [0.5, 0.6) is 0 Å². The molecule has 0 N–H and O–H groups in total. The highest BCUT2D eigenvalue weighted by molar-refractivity contribution is 5.78. The van der Waals surface area contributed by atoms with E-state index in [1.54, 1.807) is 12.4 Å². The Morgan fingerprint density at radius 3 is 2.52 bits per heavy atom. The summed E-state index contributed by atoms with van der Waals surface area (Å²) in [4.78, 5) is 18.1. The van der Waals surface area contributed by atoms with E-state index in [0.717, 1.165) is 18.5 Å². The zero-order chi connectivity index (χ0) is 15.4. The van der Waals surface area contributed by atoms with Gasteiger partial charge >= 0.3 is 0 Å². The van der Waals surface area contributed by atoms with Crippen LogP contribution in [0.3, 0.4) is 0 Å². The summed E-state index contributed by atoms with van der Waals surface area (Å²) in [6, 6.07) is 6.08. The molecule has 21 heavy (non-hydrogen) atoms. The van der Waals surface area contributed by atoms with Crippen molar-refractivity contribution in [2.24, 2.45) is 7.05 Å². The van der Waals surface area contributed by atoms with Crippen LogP contribution in [0.25, 0.3) is 0 Å². The van der Waals surface area contributed by atoms with Gasteiger partial charge in [0.05, 0.1) is 6.42 Å². The molecule has 0 saturated carbocycles. The summed E-state index contributed by atoms with van der Waals surface area (Å²) in [5.41, 5.74) is 4.69. The molecule has 2 aromatic rings. The van der Waals surface area contributed by atoms with Crippen molar-refractivity contribution in [1.29, 1.82) is 0 Å². The van der Waals surface area contributed by atoms with E-state index in [2.05, 4.69) is 29.5 Å². The molecule has 1 amide bonds. The molecule has 0 aliphatic rings. The number of carbonyl (C=O) groups excluding carboxylic acids is 1. The predicted octanol–water partition coefficient (Wildman–Crippen LogP) is 2.28. The SMILES string of the molecule is Cc1cc(CC(=O)N(C)CCc2ccncc2)c(C)n1C. The molecule has 0 atom stereocenters. The van der Waals surface area contributed by atoms with Crippen LogP contribution in [0, 0.1) is 13.8 Å². The Morgan fingerprint density at radius 1 is 1.29 bits per heavy atom. The summed E-state index contributed by atoms with van der Waals surface area (Å²) in [5.74, 6) is 0.165. The quantitative estimate of drug-likeness (QED) is 0.845. The number of hydrogen-bond donors (Lipinski definition) is 0. The van der Waals surface area contributed by atoms with Crippen LogP contribution < -0.4 is 0 Å². The standard InChI is InChI=1S/C17H23N3O/c1-13-11-16(14(2)20(13)4)12-17(21)19(3)10-7-15-5-8-18-9-6-15/h5-6,8-9,11H,7,10,12H2,1-4H3. The van der Waals surface area contributed by atoms with Gasteiger partial charge in [0.2, 0.25) is 5.91 Å². The maximum Gasteiger partial charge on any atom is 0.226 e. The number of hydrogen-bond acceptors (Lipinski definition) is 2. The molecule has 0 aliphatic heterocycles. The average Bonchev–Trinajstić information content (AvgIpc) is 2.73. The Hall–Kier alpha value is -2.10. The number of rotatable bonds is 5. The number of amides is 1. The lowest BCUT2D eigenvalue weighted by molar-refractivity contribution is -0.129. The Bertz CT molecular complexity index is 616. The van der Waals surface area contributed by atoms with Crippen LogP contribution in [0.4, 0.5) is 0 Å². The van der Waals surface area contributed by atoms with Gasteiger partial charge in [-0.05, 0) is 49.6 Å². The number of pyridine rings is 1. The molecule has 0 saturated heterocycles. The number of nitrogens with zero attached hydrogens (tertiary/aromatic N) is 3. The monoisotopic (exact) mass is 285 g/mol. The summed E-state index contributed by atoms with van der Waals surface area (Å²) >= 11 is 0. The van der Waals surface area contributed by atoms with Gasteiger partial charge < -0.3 is 9.47 Å². The molecule has 0 radical (unpaired) electrons. The fourth-order valence-corrected chi connectivity index (χ4v) is 2.38. The second kappa shape index (κ2) is 6.57. The second-order valence-electron chi connectivity index (χ2n) is 5.55. The highest BCUT2D eigenvalue weighted by atomic mass is 16.2. The molecule has 0 fully saturated rings. The van der Waals surface area contributed by atoms with Crippen LogP contribution in [-0.4, -0.2) is 34.0 Å². The van der Waals surface area contributed by atoms with E-state index in [0.29, 0.717) is 6.42 Å². The third-order valence-electron chi connectivity index (χ3n) is 4.13. The van der Waals surface area contributed by atoms with Crippen molar-refractivity contribution in [3.8, 4) is 0 Å². The second-order valence-corrected chi connectivity index (χ2v) is 5.55. The molecule has 0 bridgehead atoms. The Kier molecular flexibility index (Phi) is 4.78. The summed E-state index contributed by atoms with van der Waals surface area (Å²) in [6.07, 6.45) is 4.90. The minimum absolute atomic E-state index is 0.165. The third-order valence-corrected chi connectivity index (χ3v) is 4.13. The molecule has 112 valence electrons. The fraction of sp³-hybridized carbons (Fsp3) is 0.412. The molecule has 0 aromatic carbocycles. The van der Waals surface area contributed by atoms with Crippen molar-refractivity contribution < 1.29 is 4.79 Å². The number of likely N-dealkylation sites (N-methyl/N-ethyl adjacent to an activating group) is 1. The zero-order valence-electron chi connectivity index (χ0n) is 13.3. The normalized spacial score (nSPS) is 10.7. The summed E-state index contributed by atoms with van der Waals surface area (Å²) in [5, 5.41) is 0. The molecular formula is C17H23N3O. The van der Waals surface area contributed by atoms with Crippen molar-refractivity contribution in [2.75, 3.05) is 13.6 Å². The summed E-state index contributed by atoms with van der Waals surface area (Å²) in [7, 11) is 3.90. The van der Waals surface area contributed by atoms with E-state index in [-0.39, 0.29) is 5.91 Å². The highest BCUT2D eigenvalue weighted by Crippen LogP contribution is 2.14. The molecule has 4 heteroatoms. The molecule has 2 heterocycles. The van der Waals surface area contributed by atoms with E-state index in [1.807, 2.05) is 31.1 Å². The van der Waals surface area contributed by atoms with Gasteiger partial charge in [0.1, 0.15) is 0 Å². The Labute approximate surface area is 126 Å². The van der Waals surface area contributed by atoms with Crippen molar-refractivity contribution in [3.63, 3.8) is 0 Å². The van der Waals surface area contributed by atoms with Crippen molar-refractivity contribution in [1.82, 2.24) is 14.5 Å². The van der Waals surface area contributed by atoms with Gasteiger partial charge in [0, 0.05) is 44.4 Å². The van der Waals surface area contributed by atoms with Gasteiger partial charge in [-0.2, -0.15) is 0 Å². The highest BCUT2D eigenvalue weighted by Gasteiger charge is 2.14. The van der Waals surface area contributed by atoms with Gasteiger partial charge in [-0.3, -0.25) is 9.78 Å². The first kappa shape index (κ1) is 15.3. The lowest BCUT2D eigenvalue weighted by Gasteiger charge is -2.17. The molecule has 0 aliphatic carbocycles. The van der Waals surface area contributed by atoms with Crippen molar-refractivity contribution in [2.45, 2.75) is 26.7 Å². The Morgan fingerprint density at radius 2 is 1.95 bits per heavy atom. The topological polar surface area (TPSA) is 38.1 Å². The maximum atomic E-state index is 12.3. The molecule has 4 nitrogen and oxygen atoms in total. The maximum absolute atomic E-state index is 12.3. The first-order valence-electron chi connectivity index (χ1n) is 7.23. The first-order valence-corrected chi connectivity index (χ1v) is 7.23. The molecule has 0 unspecified atom stereocenters. The molecule has 0 spiro atoms. The summed E-state index contributed by atoms with van der Waals surface area (Å²) in [6.45, 7) is 4.86. The van der Waals surface area contributed by atoms with Gasteiger partial charge in [-0.25, -0.2) is 0 Å². The number of carbonyl (C=O) groups is 1. The van der Waals surface area contributed by atoms with E-state index in [9.17, 15) is 4.79 Å². The first-order chi connectivity index (χ1) is 9.99. The predicted molar refractivity (Wildman–Crippen MR) is 84.2 cm³/mol. The van der Waals surface area contributed by atoms with Gasteiger partial charge in [-0.1, -0.05) is 0 Å². The smallest absolute Gasteiger partial charge is 0.226 e. The van der Waals surface area contributed by atoms with Crippen LogP contribution >= 0.6 is 0 Å². The van der Waals surface area contributed by atoms with E-state index < -0.39 is 0 Å². The minimum Gasteiger partial charge on any atom is -0.352 e. The van der Waals surface area contributed by atoms with Gasteiger partial charge in [0.25, 0.3) is 0 Å². The lowest BCUT2D eigenvalue weighted by Crippen LogP contribution is -2.30. The van der Waals surface area contributed by atoms with E-state index in [1.165, 1.54) is 17.0 Å². The van der Waals surface area contributed by atoms with E-state index in [4.69, 9.17) is 0 Å². The van der Waals surface area contributed by atoms with Crippen LogP contribution in [-0.2, 0) is 24.7 Å². The lowest BCUT2D eigenvalue weighted by atomic mass is 10.1. The fourth-order valence-electron chi connectivity index (χ4n) is 2.38. The van der Waals surface area contributed by atoms with Crippen LogP contribution in [0.15, 0.2) is 30.6 Å². The number of aromatic nitrogens is 2. The average molecular weight is 285 g/mol. The largest absolute Gasteiger partial charge is 0.352 e. The molecule has 2 aromatic heterocycles. The van der Waals surface area contributed by atoms with Crippen LogP contribution in [0.1, 0.15) is 22.5 Å². The van der Waals surface area contributed by atoms with E-state index >= 15 is 0 Å². The van der Waals surface area contributed by atoms with Crippen molar-refractivity contribution in [3.05, 3.63) is 53.1 Å².